The summed E-state index contributed by atoms with van der Waals surface area (Å²) in [6.07, 6.45) is 0.947. The highest BCUT2D eigenvalue weighted by atomic mass is 19.3. The van der Waals surface area contributed by atoms with Gasteiger partial charge in [-0.25, -0.2) is 4.79 Å². The van der Waals surface area contributed by atoms with Gasteiger partial charge >= 0.3 is 11.9 Å². The van der Waals surface area contributed by atoms with E-state index < -0.39 is 35.5 Å². The second-order valence-electron chi connectivity index (χ2n) is 8.64. The first-order valence-electron chi connectivity index (χ1n) is 10.8. The van der Waals surface area contributed by atoms with E-state index in [0.717, 1.165) is 12.0 Å². The highest BCUT2D eigenvalue weighted by molar-refractivity contribution is 5.90. The average molecular weight is 445 g/mol. The van der Waals surface area contributed by atoms with Crippen molar-refractivity contribution in [3.05, 3.63) is 65.7 Å². The fourth-order valence-corrected chi connectivity index (χ4v) is 4.05. The third-order valence-electron chi connectivity index (χ3n) is 5.87. The van der Waals surface area contributed by atoms with Crippen LogP contribution < -0.4 is 9.84 Å². The highest BCUT2D eigenvalue weighted by Crippen LogP contribution is 2.36. The lowest BCUT2D eigenvalue weighted by Gasteiger charge is -2.35. The summed E-state index contributed by atoms with van der Waals surface area (Å²) in [5, 5.41) is 11.0. The Kier molecular flexibility index (Phi) is 7.16. The lowest BCUT2D eigenvalue weighted by Crippen LogP contribution is -2.54. The maximum Gasteiger partial charge on any atom is 0.338 e. The molecule has 0 bridgehead atoms. The molecule has 1 atom stereocenters. The van der Waals surface area contributed by atoms with Crippen molar-refractivity contribution < 1.29 is 33.0 Å². The van der Waals surface area contributed by atoms with Crippen molar-refractivity contribution in [2.75, 3.05) is 0 Å². The molecular weight excluding hydrogens is 418 g/mol. The van der Waals surface area contributed by atoms with E-state index in [0.29, 0.717) is 31.4 Å². The van der Waals surface area contributed by atoms with Crippen molar-refractivity contribution in [2.45, 2.75) is 63.6 Å². The van der Waals surface area contributed by atoms with E-state index in [1.54, 1.807) is 12.1 Å². The predicted molar refractivity (Wildman–Crippen MR) is 112 cm³/mol. The van der Waals surface area contributed by atoms with Crippen molar-refractivity contribution in [1.29, 1.82) is 0 Å². The Morgan fingerprint density at radius 1 is 0.969 bits per heavy atom. The Morgan fingerprint density at radius 2 is 1.56 bits per heavy atom. The summed E-state index contributed by atoms with van der Waals surface area (Å²) in [6, 6.07) is 15.5. The van der Waals surface area contributed by atoms with Crippen LogP contribution in [0.3, 0.4) is 0 Å². The molecule has 0 aliphatic heterocycles. The largest absolute Gasteiger partial charge is 0.544 e. The minimum atomic E-state index is -4.26. The smallest absolute Gasteiger partial charge is 0.338 e. The first-order chi connectivity index (χ1) is 15.1. The lowest BCUT2D eigenvalue weighted by molar-refractivity contribution is -0.337. The third-order valence-corrected chi connectivity index (χ3v) is 5.87. The van der Waals surface area contributed by atoms with Crippen LogP contribution in [0.1, 0.15) is 61.9 Å². The predicted octanol–water partition coefficient (Wildman–Crippen LogP) is 4.49. The summed E-state index contributed by atoms with van der Waals surface area (Å²) >= 11 is 0. The molecule has 0 spiro atoms. The number of benzene rings is 2. The molecule has 0 aromatic heterocycles. The van der Waals surface area contributed by atoms with Crippen LogP contribution in [0, 0.1) is 5.92 Å². The van der Waals surface area contributed by atoms with E-state index in [1.165, 1.54) is 12.1 Å². The van der Waals surface area contributed by atoms with Crippen LogP contribution in [-0.2, 0) is 15.1 Å². The van der Waals surface area contributed by atoms with Gasteiger partial charge in [-0.2, -0.15) is 8.78 Å². The van der Waals surface area contributed by atoms with E-state index in [9.17, 15) is 23.5 Å². The van der Waals surface area contributed by atoms with Crippen LogP contribution in [0.2, 0.25) is 0 Å². The fourth-order valence-electron chi connectivity index (χ4n) is 4.05. The minimum Gasteiger partial charge on any atom is -0.544 e. The molecule has 7 heteroatoms. The summed E-state index contributed by atoms with van der Waals surface area (Å²) in [7, 11) is 0. The summed E-state index contributed by atoms with van der Waals surface area (Å²) in [5.74, 6) is -8.04. The van der Waals surface area contributed by atoms with Gasteiger partial charge in [0.25, 0.3) is 0 Å². The molecule has 0 N–H and O–H groups in total. The van der Waals surface area contributed by atoms with Gasteiger partial charge in [0, 0.05) is 5.92 Å². The van der Waals surface area contributed by atoms with Gasteiger partial charge in [-0.05, 0) is 56.5 Å². The number of carboxylic acid groups (broad SMARTS) is 1. The number of hydrogen-bond acceptors (Lipinski definition) is 5. The van der Waals surface area contributed by atoms with Gasteiger partial charge in [0.1, 0.15) is 17.3 Å². The molecule has 3 rings (SSSR count). The number of rotatable bonds is 8. The van der Waals surface area contributed by atoms with Gasteiger partial charge in [-0.3, -0.25) is 0 Å². The number of esters is 1. The molecule has 1 saturated carbocycles. The first kappa shape index (κ1) is 23.7. The monoisotopic (exact) mass is 445 g/mol. The summed E-state index contributed by atoms with van der Waals surface area (Å²) in [5.41, 5.74) is 0.361. The van der Waals surface area contributed by atoms with Crippen molar-refractivity contribution in [3.8, 4) is 5.75 Å². The normalized spacial score (nSPS) is 16.2. The van der Waals surface area contributed by atoms with Crippen LogP contribution in [0.5, 0.6) is 5.75 Å². The quantitative estimate of drug-likeness (QED) is 0.560. The number of alkyl halides is 2. The number of hydrogen-bond donors (Lipinski definition) is 0. The van der Waals surface area contributed by atoms with Gasteiger partial charge < -0.3 is 19.4 Å². The van der Waals surface area contributed by atoms with E-state index >= 15 is 0 Å². The Hall–Kier alpha value is -2.96. The number of ether oxygens (including phenoxy) is 2. The molecule has 0 saturated heterocycles. The second-order valence-corrected chi connectivity index (χ2v) is 8.64. The molecule has 1 fully saturated rings. The SMILES string of the molecule is CC(C)(Oc1ccc(C(=O)OC(C2CCCCC2)C(F)(F)C(=O)[O-])cc1)c1ccccc1. The highest BCUT2D eigenvalue weighted by Gasteiger charge is 2.48. The zero-order chi connectivity index (χ0) is 23.4. The van der Waals surface area contributed by atoms with Crippen molar-refractivity contribution in [2.24, 2.45) is 5.92 Å². The minimum absolute atomic E-state index is 0.0322. The Morgan fingerprint density at radius 3 is 2.12 bits per heavy atom. The molecule has 5 nitrogen and oxygen atoms in total. The maximum atomic E-state index is 14.3. The molecule has 1 unspecified atom stereocenters. The summed E-state index contributed by atoms with van der Waals surface area (Å²) in [4.78, 5) is 23.6. The number of aliphatic carboxylic acids is 1. The molecule has 0 radical (unpaired) electrons. The van der Waals surface area contributed by atoms with Gasteiger partial charge in [-0.1, -0.05) is 49.6 Å². The topological polar surface area (TPSA) is 75.7 Å². The van der Waals surface area contributed by atoms with Gasteiger partial charge in [0.05, 0.1) is 5.56 Å². The van der Waals surface area contributed by atoms with Gasteiger partial charge in [-0.15, -0.1) is 0 Å². The molecule has 0 amide bonds. The summed E-state index contributed by atoms with van der Waals surface area (Å²) in [6.45, 7) is 3.81. The zero-order valence-corrected chi connectivity index (χ0v) is 18.2. The van der Waals surface area contributed by atoms with Crippen LogP contribution in [0.25, 0.3) is 0 Å². The second kappa shape index (κ2) is 9.67. The molecule has 2 aromatic carbocycles. The number of halogens is 2. The van der Waals surface area contributed by atoms with Crippen LogP contribution in [0.15, 0.2) is 54.6 Å². The number of carboxylic acids is 1. The van der Waals surface area contributed by atoms with E-state index in [4.69, 9.17) is 9.47 Å². The average Bonchev–Trinajstić information content (AvgIpc) is 2.78. The summed E-state index contributed by atoms with van der Waals surface area (Å²) < 4.78 is 39.7. The first-order valence-corrected chi connectivity index (χ1v) is 10.8. The van der Waals surface area contributed by atoms with E-state index in [2.05, 4.69) is 0 Å². The molecule has 172 valence electrons. The Balaban J connectivity index is 1.73. The van der Waals surface area contributed by atoms with Crippen LogP contribution >= 0.6 is 0 Å². The van der Waals surface area contributed by atoms with Crippen molar-refractivity contribution >= 4 is 11.9 Å². The Bertz CT molecular complexity index is 919. The third kappa shape index (κ3) is 5.44. The molecule has 0 heterocycles. The van der Waals surface area contributed by atoms with E-state index in [-0.39, 0.29) is 5.56 Å². The van der Waals surface area contributed by atoms with E-state index in [1.807, 2.05) is 44.2 Å². The molecule has 2 aromatic rings. The van der Waals surface area contributed by atoms with Crippen molar-refractivity contribution in [1.82, 2.24) is 0 Å². The lowest BCUT2D eigenvalue weighted by atomic mass is 9.83. The number of carbonyl (C=O) groups excluding carboxylic acids is 2. The van der Waals surface area contributed by atoms with Crippen molar-refractivity contribution in [3.63, 3.8) is 0 Å². The van der Waals surface area contributed by atoms with Crippen LogP contribution in [-0.4, -0.2) is 24.0 Å². The molecule has 32 heavy (non-hydrogen) atoms. The molecule has 1 aliphatic carbocycles. The van der Waals surface area contributed by atoms with Crippen LogP contribution in [0.4, 0.5) is 8.78 Å². The molecule has 1 aliphatic rings. The zero-order valence-electron chi connectivity index (χ0n) is 18.2. The van der Waals surface area contributed by atoms with Gasteiger partial charge in [0.2, 0.25) is 0 Å². The number of carbonyl (C=O) groups is 2. The molecular formula is C25H27F2O5-. The standard InChI is InChI=1S/C25H28F2O5/c1-24(2,19-11-7-4-8-12-19)32-20-15-13-18(14-16-20)22(28)31-21(25(26,27)23(29)30)17-9-5-3-6-10-17/h4,7-8,11-17,21H,3,5-6,9-10H2,1-2H3,(H,29,30)/p-1. The van der Waals surface area contributed by atoms with Gasteiger partial charge in [0.15, 0.2) is 6.10 Å². The Labute approximate surface area is 186 Å². The maximum absolute atomic E-state index is 14.3. The fraction of sp³-hybridized carbons (Fsp3) is 0.440.